The topological polar surface area (TPSA) is 13.6 Å². The predicted octanol–water partition coefficient (Wildman–Crippen LogP) is 3.44. The molecule has 0 saturated heterocycles. The van der Waals surface area contributed by atoms with Crippen LogP contribution < -0.4 is 4.74 Å². The van der Waals surface area contributed by atoms with Gasteiger partial charge in [0.1, 0.15) is 5.75 Å². The third kappa shape index (κ3) is 2.02. The van der Waals surface area contributed by atoms with Gasteiger partial charge in [-0.05, 0) is 12.1 Å². The van der Waals surface area contributed by atoms with Crippen molar-refractivity contribution in [3.8, 4) is 5.75 Å². The summed E-state index contributed by atoms with van der Waals surface area (Å²) in [6.07, 6.45) is 0. The van der Waals surface area contributed by atoms with E-state index in [0.717, 1.165) is 15.8 Å². The molecule has 1 aromatic carbocycles. The lowest BCUT2D eigenvalue weighted by atomic mass is 10.1. The number of halogens is 1. The quantitative estimate of drug-likeness (QED) is 0.722. The number of ether oxygens (including phenoxy) is 1. The minimum atomic E-state index is -0.175. The molecule has 0 amide bonds. The molecule has 1 atom stereocenters. The van der Waals surface area contributed by atoms with Crippen molar-refractivity contribution in [2.45, 2.75) is 13.0 Å². The van der Waals surface area contributed by atoms with Crippen LogP contribution in [-0.2, 0) is 0 Å². The molecule has 0 spiro atoms. The van der Waals surface area contributed by atoms with Gasteiger partial charge in [0, 0.05) is 11.4 Å². The Morgan fingerprint density at radius 1 is 1.54 bits per heavy atom. The zero-order chi connectivity index (χ0) is 9.84. The summed E-state index contributed by atoms with van der Waals surface area (Å²) in [4.78, 5) is 3.47. The van der Waals surface area contributed by atoms with Crippen molar-refractivity contribution >= 4 is 15.9 Å². The zero-order valence-electron chi connectivity index (χ0n) is 7.54. The SMILES string of the molecule is [C-]#[N+]C(C)c1c(Br)cccc1OC. The first-order valence-corrected chi connectivity index (χ1v) is 4.69. The molecular formula is C10H10BrNO. The number of rotatable bonds is 2. The van der Waals surface area contributed by atoms with E-state index < -0.39 is 0 Å². The van der Waals surface area contributed by atoms with Gasteiger partial charge < -0.3 is 9.58 Å². The van der Waals surface area contributed by atoms with Crippen molar-refractivity contribution in [1.82, 2.24) is 0 Å². The summed E-state index contributed by atoms with van der Waals surface area (Å²) >= 11 is 3.41. The number of hydrogen-bond donors (Lipinski definition) is 0. The van der Waals surface area contributed by atoms with Crippen LogP contribution in [0.15, 0.2) is 22.7 Å². The van der Waals surface area contributed by atoms with Gasteiger partial charge in [-0.25, -0.2) is 6.57 Å². The second-order valence-electron chi connectivity index (χ2n) is 2.66. The first-order valence-electron chi connectivity index (χ1n) is 3.89. The monoisotopic (exact) mass is 239 g/mol. The summed E-state index contributed by atoms with van der Waals surface area (Å²) in [5.74, 6) is 0.762. The Bertz CT molecular complexity index is 343. The van der Waals surface area contributed by atoms with Gasteiger partial charge in [-0.3, -0.25) is 0 Å². The summed E-state index contributed by atoms with van der Waals surface area (Å²) in [6.45, 7) is 8.82. The molecule has 0 aliphatic carbocycles. The van der Waals surface area contributed by atoms with Gasteiger partial charge in [0.2, 0.25) is 0 Å². The van der Waals surface area contributed by atoms with E-state index in [1.165, 1.54) is 0 Å². The lowest BCUT2D eigenvalue weighted by Gasteiger charge is -2.08. The second-order valence-corrected chi connectivity index (χ2v) is 3.52. The summed E-state index contributed by atoms with van der Waals surface area (Å²) in [5.41, 5.74) is 0.917. The molecule has 0 bridgehead atoms. The van der Waals surface area contributed by atoms with Crippen molar-refractivity contribution in [3.63, 3.8) is 0 Å². The van der Waals surface area contributed by atoms with Crippen LogP contribution >= 0.6 is 15.9 Å². The van der Waals surface area contributed by atoms with Gasteiger partial charge in [-0.15, -0.1) is 0 Å². The summed E-state index contributed by atoms with van der Waals surface area (Å²) < 4.78 is 6.10. The molecule has 1 aromatic rings. The maximum atomic E-state index is 6.96. The highest BCUT2D eigenvalue weighted by Crippen LogP contribution is 2.33. The van der Waals surface area contributed by atoms with Gasteiger partial charge in [-0.1, -0.05) is 22.0 Å². The van der Waals surface area contributed by atoms with Crippen LogP contribution in [0.25, 0.3) is 4.85 Å². The fourth-order valence-corrected chi connectivity index (χ4v) is 1.84. The van der Waals surface area contributed by atoms with Gasteiger partial charge >= 0.3 is 0 Å². The lowest BCUT2D eigenvalue weighted by Crippen LogP contribution is -1.94. The van der Waals surface area contributed by atoms with E-state index in [9.17, 15) is 0 Å². The number of nitrogens with zero attached hydrogens (tertiary/aromatic N) is 1. The number of methoxy groups -OCH3 is 1. The van der Waals surface area contributed by atoms with E-state index in [1.54, 1.807) is 7.11 Å². The van der Waals surface area contributed by atoms with E-state index >= 15 is 0 Å². The Labute approximate surface area is 86.5 Å². The molecule has 3 heteroatoms. The van der Waals surface area contributed by atoms with Crippen LogP contribution in [-0.4, -0.2) is 7.11 Å². The molecule has 0 radical (unpaired) electrons. The molecule has 0 fully saturated rings. The fourth-order valence-electron chi connectivity index (χ4n) is 1.17. The van der Waals surface area contributed by atoms with Crippen molar-refractivity contribution < 1.29 is 4.74 Å². The van der Waals surface area contributed by atoms with Gasteiger partial charge in [-0.2, -0.15) is 0 Å². The Hall–Kier alpha value is -1.01. The van der Waals surface area contributed by atoms with Crippen LogP contribution in [0.4, 0.5) is 0 Å². The molecule has 2 nitrogen and oxygen atoms in total. The second kappa shape index (κ2) is 4.29. The van der Waals surface area contributed by atoms with E-state index in [2.05, 4.69) is 20.8 Å². The Morgan fingerprint density at radius 3 is 2.77 bits per heavy atom. The fraction of sp³-hybridized carbons (Fsp3) is 0.300. The van der Waals surface area contributed by atoms with Crippen LogP contribution in [0.2, 0.25) is 0 Å². The summed E-state index contributed by atoms with van der Waals surface area (Å²) in [7, 11) is 1.61. The molecule has 0 saturated carbocycles. The third-order valence-electron chi connectivity index (χ3n) is 1.84. The summed E-state index contributed by atoms with van der Waals surface area (Å²) in [6, 6.07) is 5.50. The first-order chi connectivity index (χ1) is 6.20. The molecule has 0 N–H and O–H groups in total. The highest BCUT2D eigenvalue weighted by atomic mass is 79.9. The Balaban J connectivity index is 3.24. The Morgan fingerprint density at radius 2 is 2.23 bits per heavy atom. The largest absolute Gasteiger partial charge is 0.496 e. The molecule has 0 aliphatic rings. The summed E-state index contributed by atoms with van der Waals surface area (Å²) in [5, 5.41) is 0. The minimum Gasteiger partial charge on any atom is -0.496 e. The standard InChI is InChI=1S/C10H10BrNO/c1-7(12-2)10-8(11)5-4-6-9(10)13-3/h4-7H,1,3H3. The molecule has 0 heterocycles. The van der Waals surface area contributed by atoms with Crippen LogP contribution in [0, 0.1) is 6.57 Å². The number of benzene rings is 1. The molecular weight excluding hydrogens is 230 g/mol. The highest BCUT2D eigenvalue weighted by molar-refractivity contribution is 9.10. The van der Waals surface area contributed by atoms with Crippen LogP contribution in [0.5, 0.6) is 5.75 Å². The minimum absolute atomic E-state index is 0.175. The zero-order valence-corrected chi connectivity index (χ0v) is 9.13. The van der Waals surface area contributed by atoms with Crippen molar-refractivity contribution in [2.75, 3.05) is 7.11 Å². The average molecular weight is 240 g/mol. The average Bonchev–Trinajstić information content (AvgIpc) is 2.16. The van der Waals surface area contributed by atoms with Gasteiger partial charge in [0.15, 0.2) is 0 Å². The van der Waals surface area contributed by atoms with E-state index in [1.807, 2.05) is 25.1 Å². The van der Waals surface area contributed by atoms with Crippen LogP contribution in [0.1, 0.15) is 18.5 Å². The maximum Gasteiger partial charge on any atom is 0.250 e. The smallest absolute Gasteiger partial charge is 0.250 e. The van der Waals surface area contributed by atoms with E-state index in [4.69, 9.17) is 11.3 Å². The van der Waals surface area contributed by atoms with Crippen molar-refractivity contribution in [2.24, 2.45) is 0 Å². The van der Waals surface area contributed by atoms with E-state index in [-0.39, 0.29) is 6.04 Å². The molecule has 1 unspecified atom stereocenters. The normalized spacial score (nSPS) is 11.8. The molecule has 0 aliphatic heterocycles. The predicted molar refractivity (Wildman–Crippen MR) is 55.7 cm³/mol. The van der Waals surface area contributed by atoms with Crippen molar-refractivity contribution in [3.05, 3.63) is 39.7 Å². The van der Waals surface area contributed by atoms with Crippen molar-refractivity contribution in [1.29, 1.82) is 0 Å². The third-order valence-corrected chi connectivity index (χ3v) is 2.54. The first kappa shape index (κ1) is 10.1. The van der Waals surface area contributed by atoms with E-state index in [0.29, 0.717) is 0 Å². The number of hydrogen-bond acceptors (Lipinski definition) is 1. The highest BCUT2D eigenvalue weighted by Gasteiger charge is 2.17. The van der Waals surface area contributed by atoms with Crippen LogP contribution in [0.3, 0.4) is 0 Å². The molecule has 1 rings (SSSR count). The molecule has 0 aromatic heterocycles. The van der Waals surface area contributed by atoms with Gasteiger partial charge in [0.05, 0.1) is 12.7 Å². The molecule has 13 heavy (non-hydrogen) atoms. The Kier molecular flexibility index (Phi) is 3.32. The lowest BCUT2D eigenvalue weighted by molar-refractivity contribution is 0.408. The molecule has 68 valence electrons. The maximum absolute atomic E-state index is 6.96. The van der Waals surface area contributed by atoms with Gasteiger partial charge in [0.25, 0.3) is 6.04 Å².